The summed E-state index contributed by atoms with van der Waals surface area (Å²) in [5.74, 6) is -0.877. The van der Waals surface area contributed by atoms with E-state index < -0.39 is 6.10 Å². The van der Waals surface area contributed by atoms with Gasteiger partial charge in [0.15, 0.2) is 6.10 Å². The Morgan fingerprint density at radius 1 is 0.372 bits per heavy atom. The molecule has 43 heavy (non-hydrogen) atoms. The molecule has 0 spiro atoms. The SMILES string of the molecule is CCCCCCCCCCCC(=O)OC[C@@H](COC(=O)CCCCCCCCC)OC(=O)CCCCCCCCCCC. The fourth-order valence-corrected chi connectivity index (χ4v) is 5.26. The first-order chi connectivity index (χ1) is 21.0. The topological polar surface area (TPSA) is 78.9 Å². The van der Waals surface area contributed by atoms with Gasteiger partial charge in [-0.25, -0.2) is 0 Å². The molecule has 0 unspecified atom stereocenters. The summed E-state index contributed by atoms with van der Waals surface area (Å²) in [6, 6.07) is 0. The lowest BCUT2D eigenvalue weighted by molar-refractivity contribution is -0.167. The molecule has 0 N–H and O–H groups in total. The van der Waals surface area contributed by atoms with Crippen LogP contribution in [0.1, 0.15) is 201 Å². The van der Waals surface area contributed by atoms with Crippen LogP contribution in [0, 0.1) is 0 Å². The Kier molecular flexibility index (Phi) is 32.1. The van der Waals surface area contributed by atoms with Crippen molar-refractivity contribution in [3.8, 4) is 0 Å². The molecule has 0 aliphatic rings. The van der Waals surface area contributed by atoms with E-state index >= 15 is 0 Å². The van der Waals surface area contributed by atoms with Gasteiger partial charge in [-0.3, -0.25) is 14.4 Å². The van der Waals surface area contributed by atoms with Crippen LogP contribution >= 0.6 is 0 Å². The van der Waals surface area contributed by atoms with Crippen LogP contribution in [0.15, 0.2) is 0 Å². The van der Waals surface area contributed by atoms with E-state index in [1.165, 1.54) is 103 Å². The van der Waals surface area contributed by atoms with E-state index in [2.05, 4.69) is 20.8 Å². The maximum atomic E-state index is 12.5. The molecule has 0 radical (unpaired) electrons. The predicted molar refractivity (Wildman–Crippen MR) is 178 cm³/mol. The lowest BCUT2D eigenvalue weighted by Crippen LogP contribution is -2.30. The first-order valence-corrected chi connectivity index (χ1v) is 18.5. The maximum absolute atomic E-state index is 12.5. The van der Waals surface area contributed by atoms with Crippen molar-refractivity contribution in [2.24, 2.45) is 0 Å². The third-order valence-electron chi connectivity index (χ3n) is 8.11. The Morgan fingerprint density at radius 2 is 0.628 bits per heavy atom. The Bertz CT molecular complexity index is 635. The molecule has 254 valence electrons. The van der Waals surface area contributed by atoms with Gasteiger partial charge in [-0.2, -0.15) is 0 Å². The van der Waals surface area contributed by atoms with E-state index in [4.69, 9.17) is 14.2 Å². The van der Waals surface area contributed by atoms with Crippen LogP contribution in [0.2, 0.25) is 0 Å². The second kappa shape index (κ2) is 33.3. The molecule has 0 fully saturated rings. The third kappa shape index (κ3) is 31.6. The number of unbranched alkanes of at least 4 members (excludes halogenated alkanes) is 22. The quantitative estimate of drug-likeness (QED) is 0.0418. The number of ether oxygens (including phenoxy) is 3. The van der Waals surface area contributed by atoms with Gasteiger partial charge in [0.05, 0.1) is 0 Å². The van der Waals surface area contributed by atoms with Gasteiger partial charge in [-0.05, 0) is 19.3 Å². The highest BCUT2D eigenvalue weighted by Crippen LogP contribution is 2.14. The van der Waals surface area contributed by atoms with Crippen molar-refractivity contribution >= 4 is 17.9 Å². The molecule has 0 aromatic heterocycles. The highest BCUT2D eigenvalue weighted by atomic mass is 16.6. The van der Waals surface area contributed by atoms with Crippen LogP contribution in [0.3, 0.4) is 0 Å². The molecular formula is C37H70O6. The summed E-state index contributed by atoms with van der Waals surface area (Å²) in [6.45, 7) is 6.54. The molecule has 0 aliphatic carbocycles. The van der Waals surface area contributed by atoms with Gasteiger partial charge in [0, 0.05) is 19.3 Å². The van der Waals surface area contributed by atoms with Gasteiger partial charge in [0.1, 0.15) is 13.2 Å². The van der Waals surface area contributed by atoms with Crippen molar-refractivity contribution in [3.63, 3.8) is 0 Å². The minimum atomic E-state index is -0.754. The molecule has 0 saturated heterocycles. The molecular weight excluding hydrogens is 540 g/mol. The van der Waals surface area contributed by atoms with Gasteiger partial charge < -0.3 is 14.2 Å². The Labute approximate surface area is 266 Å². The molecule has 6 nitrogen and oxygen atoms in total. The average Bonchev–Trinajstić information content (AvgIpc) is 3.00. The fraction of sp³-hybridized carbons (Fsp3) is 0.919. The van der Waals surface area contributed by atoms with Crippen LogP contribution in [-0.4, -0.2) is 37.2 Å². The van der Waals surface area contributed by atoms with Crippen LogP contribution in [-0.2, 0) is 28.6 Å². The highest BCUT2D eigenvalue weighted by molar-refractivity contribution is 5.71. The molecule has 0 heterocycles. The summed E-state index contributed by atoms with van der Waals surface area (Å²) in [6.07, 6.45) is 29.5. The predicted octanol–water partition coefficient (Wildman–Crippen LogP) is 11.0. The number of carbonyl (C=O) groups is 3. The first kappa shape index (κ1) is 41.4. The van der Waals surface area contributed by atoms with Gasteiger partial charge >= 0.3 is 17.9 Å². The largest absolute Gasteiger partial charge is 0.462 e. The summed E-state index contributed by atoms with van der Waals surface area (Å²) in [7, 11) is 0. The van der Waals surface area contributed by atoms with Crippen molar-refractivity contribution < 1.29 is 28.6 Å². The summed E-state index contributed by atoms with van der Waals surface area (Å²) >= 11 is 0. The second-order valence-electron chi connectivity index (χ2n) is 12.5. The summed E-state index contributed by atoms with van der Waals surface area (Å²) in [5.41, 5.74) is 0. The second-order valence-corrected chi connectivity index (χ2v) is 12.5. The average molecular weight is 611 g/mol. The molecule has 0 aliphatic heterocycles. The maximum Gasteiger partial charge on any atom is 0.306 e. The number of hydrogen-bond acceptors (Lipinski definition) is 6. The van der Waals surface area contributed by atoms with E-state index in [9.17, 15) is 14.4 Å². The normalized spacial score (nSPS) is 11.8. The van der Waals surface area contributed by atoms with E-state index in [1.807, 2.05) is 0 Å². The first-order valence-electron chi connectivity index (χ1n) is 18.5. The molecule has 0 aromatic rings. The minimum Gasteiger partial charge on any atom is -0.462 e. The summed E-state index contributed by atoms with van der Waals surface area (Å²) in [5, 5.41) is 0. The van der Waals surface area contributed by atoms with E-state index in [-0.39, 0.29) is 31.1 Å². The molecule has 0 saturated carbocycles. The van der Waals surface area contributed by atoms with Crippen LogP contribution in [0.4, 0.5) is 0 Å². The zero-order valence-corrected chi connectivity index (χ0v) is 28.7. The van der Waals surface area contributed by atoms with Crippen molar-refractivity contribution in [2.75, 3.05) is 13.2 Å². The summed E-state index contributed by atoms with van der Waals surface area (Å²) < 4.78 is 16.5. The molecule has 0 aromatic carbocycles. The monoisotopic (exact) mass is 611 g/mol. The lowest BCUT2D eigenvalue weighted by atomic mass is 10.1. The zero-order valence-electron chi connectivity index (χ0n) is 28.7. The van der Waals surface area contributed by atoms with Crippen molar-refractivity contribution in [3.05, 3.63) is 0 Å². The summed E-state index contributed by atoms with van der Waals surface area (Å²) in [4.78, 5) is 37.1. The number of rotatable bonds is 33. The van der Waals surface area contributed by atoms with E-state index in [0.29, 0.717) is 19.3 Å². The van der Waals surface area contributed by atoms with Gasteiger partial charge in [-0.15, -0.1) is 0 Å². The van der Waals surface area contributed by atoms with E-state index in [1.54, 1.807) is 0 Å². The van der Waals surface area contributed by atoms with Gasteiger partial charge in [0.2, 0.25) is 0 Å². The van der Waals surface area contributed by atoms with Gasteiger partial charge in [0.25, 0.3) is 0 Å². The van der Waals surface area contributed by atoms with Gasteiger partial charge in [-0.1, -0.05) is 162 Å². The number of hydrogen-bond donors (Lipinski definition) is 0. The molecule has 6 heteroatoms. The van der Waals surface area contributed by atoms with Crippen molar-refractivity contribution in [1.29, 1.82) is 0 Å². The number of carbonyl (C=O) groups excluding carboxylic acids is 3. The molecule has 0 amide bonds. The smallest absolute Gasteiger partial charge is 0.306 e. The standard InChI is InChI=1S/C37H70O6/c1-4-7-10-13-16-18-21-24-27-30-36(39)42-33-34(32-41-35(38)29-26-23-20-15-12-9-6-3)43-37(40)31-28-25-22-19-17-14-11-8-5-2/h34H,4-33H2,1-3H3/t34-/m1/s1. The highest BCUT2D eigenvalue weighted by Gasteiger charge is 2.19. The van der Waals surface area contributed by atoms with Crippen LogP contribution in [0.5, 0.6) is 0 Å². The molecule has 1 atom stereocenters. The lowest BCUT2D eigenvalue weighted by Gasteiger charge is -2.18. The van der Waals surface area contributed by atoms with Crippen LogP contribution < -0.4 is 0 Å². The minimum absolute atomic E-state index is 0.0650. The molecule has 0 bridgehead atoms. The molecule has 0 rings (SSSR count). The van der Waals surface area contributed by atoms with E-state index in [0.717, 1.165) is 57.8 Å². The van der Waals surface area contributed by atoms with Crippen molar-refractivity contribution in [1.82, 2.24) is 0 Å². The third-order valence-corrected chi connectivity index (χ3v) is 8.11. The zero-order chi connectivity index (χ0) is 31.6. The Morgan fingerprint density at radius 3 is 0.930 bits per heavy atom. The van der Waals surface area contributed by atoms with Crippen molar-refractivity contribution in [2.45, 2.75) is 207 Å². The fourth-order valence-electron chi connectivity index (χ4n) is 5.26. The number of esters is 3. The van der Waals surface area contributed by atoms with Crippen LogP contribution in [0.25, 0.3) is 0 Å². The Balaban J connectivity index is 4.34. The Hall–Kier alpha value is -1.59.